The summed E-state index contributed by atoms with van der Waals surface area (Å²) in [5, 5.41) is 8.94. The van der Waals surface area contributed by atoms with Crippen LogP contribution in [0.2, 0.25) is 0 Å². The van der Waals surface area contributed by atoms with Crippen LogP contribution in [0.5, 0.6) is 0 Å². The van der Waals surface area contributed by atoms with E-state index < -0.39 is 0 Å². The van der Waals surface area contributed by atoms with Crippen molar-refractivity contribution in [3.8, 4) is 0 Å². The van der Waals surface area contributed by atoms with Crippen LogP contribution in [0.3, 0.4) is 0 Å². The molecule has 0 aromatic carbocycles. The van der Waals surface area contributed by atoms with Gasteiger partial charge >= 0.3 is 0 Å². The normalized spacial score (nSPS) is 22.2. The maximum Gasteiger partial charge on any atom is 0.216 e. The van der Waals surface area contributed by atoms with Crippen molar-refractivity contribution in [2.45, 2.75) is 0 Å². The van der Waals surface area contributed by atoms with Gasteiger partial charge in [0.25, 0.3) is 0 Å². The molecule has 1 N–H and O–H groups in total. The highest BCUT2D eigenvalue weighted by Gasteiger charge is 2.12. The molecule has 0 bridgehead atoms. The van der Waals surface area contributed by atoms with Crippen molar-refractivity contribution < 1.29 is 0 Å². The van der Waals surface area contributed by atoms with Gasteiger partial charge < -0.3 is 0 Å². The van der Waals surface area contributed by atoms with Crippen LogP contribution in [-0.2, 0) is 0 Å². The molecule has 0 saturated carbocycles. The van der Waals surface area contributed by atoms with E-state index in [0.29, 0.717) is 0 Å². The van der Waals surface area contributed by atoms with E-state index in [1.54, 1.807) is 11.2 Å². The predicted molar refractivity (Wildman–Crippen MR) is 33.9 cm³/mol. The quantitative estimate of drug-likeness (QED) is 0.473. The zero-order chi connectivity index (χ0) is 6.10. The Kier molecular flexibility index (Phi) is 0.868. The fourth-order valence-electron chi connectivity index (χ4n) is 0.786. The van der Waals surface area contributed by atoms with Gasteiger partial charge in [0.2, 0.25) is 6.34 Å². The molecule has 0 unspecified atom stereocenters. The minimum Gasteiger partial charge on any atom is -0.253 e. The highest BCUT2D eigenvalue weighted by Crippen LogP contribution is 2.04. The summed E-state index contributed by atoms with van der Waals surface area (Å²) >= 11 is 0. The Morgan fingerprint density at radius 2 is 2.78 bits per heavy atom. The van der Waals surface area contributed by atoms with E-state index in [2.05, 4.69) is 22.0 Å². The second-order valence-corrected chi connectivity index (χ2v) is 1.77. The van der Waals surface area contributed by atoms with E-state index >= 15 is 0 Å². The summed E-state index contributed by atoms with van der Waals surface area (Å²) in [4.78, 5) is 0. The average Bonchev–Trinajstić information content (AvgIpc) is 2.33. The van der Waals surface area contributed by atoms with Gasteiger partial charge in [-0.1, -0.05) is 0 Å². The molecule has 9 heavy (non-hydrogen) atoms. The molecular weight excluding hydrogens is 116 g/mol. The highest BCUT2D eigenvalue weighted by molar-refractivity contribution is 5.85. The summed E-state index contributed by atoms with van der Waals surface area (Å²) in [6, 6.07) is 0. The first-order valence-electron chi connectivity index (χ1n) is 2.69. The van der Waals surface area contributed by atoms with Gasteiger partial charge in [0, 0.05) is 6.54 Å². The number of allylic oxidation sites excluding steroid dienone is 1. The molecule has 4 heteroatoms. The van der Waals surface area contributed by atoms with Gasteiger partial charge in [-0.3, -0.25) is 5.01 Å². The predicted octanol–water partition coefficient (Wildman–Crippen LogP) is -0.405. The molecule has 2 heterocycles. The van der Waals surface area contributed by atoms with E-state index in [0.717, 1.165) is 12.2 Å². The summed E-state index contributed by atoms with van der Waals surface area (Å²) in [7, 11) is 0. The SMILES string of the molecule is [C]1=NN=CC2=CCNN12. The van der Waals surface area contributed by atoms with Crippen molar-refractivity contribution in [2.24, 2.45) is 10.2 Å². The first-order valence-corrected chi connectivity index (χ1v) is 2.69. The standard InChI is InChI=1S/C5H5N4/c1-2-8-9-4-7-6-3-5(1)9/h1,3,8H,2H2. The third-order valence-corrected chi connectivity index (χ3v) is 1.21. The van der Waals surface area contributed by atoms with Gasteiger partial charge in [0.15, 0.2) is 0 Å². The van der Waals surface area contributed by atoms with Crippen LogP contribution in [-0.4, -0.2) is 24.1 Å². The largest absolute Gasteiger partial charge is 0.253 e. The van der Waals surface area contributed by atoms with Crippen LogP contribution in [0.25, 0.3) is 0 Å². The van der Waals surface area contributed by atoms with Crippen LogP contribution in [0.4, 0.5) is 0 Å². The van der Waals surface area contributed by atoms with Crippen LogP contribution in [0, 0.1) is 0 Å². The van der Waals surface area contributed by atoms with Gasteiger partial charge in [0.05, 0.1) is 11.9 Å². The Hall–Kier alpha value is -1.16. The minimum absolute atomic E-state index is 0.837. The summed E-state index contributed by atoms with van der Waals surface area (Å²) < 4.78 is 0. The zero-order valence-electron chi connectivity index (χ0n) is 4.70. The van der Waals surface area contributed by atoms with Crippen molar-refractivity contribution >= 4 is 12.6 Å². The van der Waals surface area contributed by atoms with E-state index in [1.165, 1.54) is 0 Å². The van der Waals surface area contributed by atoms with E-state index in [-0.39, 0.29) is 0 Å². The second kappa shape index (κ2) is 1.66. The lowest BCUT2D eigenvalue weighted by atomic mass is 10.4. The molecule has 4 nitrogen and oxygen atoms in total. The molecule has 0 atom stereocenters. The number of hydrogen-bond acceptors (Lipinski definition) is 4. The van der Waals surface area contributed by atoms with E-state index in [9.17, 15) is 0 Å². The zero-order valence-corrected chi connectivity index (χ0v) is 4.70. The number of hydrazine groups is 1. The molecule has 2 aliphatic rings. The molecule has 45 valence electrons. The molecule has 0 fully saturated rings. The molecule has 2 rings (SSSR count). The molecule has 1 radical (unpaired) electrons. The molecule has 0 aliphatic carbocycles. The van der Waals surface area contributed by atoms with E-state index in [4.69, 9.17) is 0 Å². The number of fused-ring (bicyclic) bond motifs is 1. The Morgan fingerprint density at radius 3 is 3.67 bits per heavy atom. The van der Waals surface area contributed by atoms with Crippen molar-refractivity contribution in [1.29, 1.82) is 0 Å². The topological polar surface area (TPSA) is 40.0 Å². The van der Waals surface area contributed by atoms with Gasteiger partial charge in [-0.2, -0.15) is 5.10 Å². The van der Waals surface area contributed by atoms with Gasteiger partial charge in [-0.15, -0.1) is 5.10 Å². The molecule has 2 aliphatic heterocycles. The van der Waals surface area contributed by atoms with Crippen LogP contribution in [0.15, 0.2) is 22.0 Å². The Balaban J connectivity index is 2.33. The van der Waals surface area contributed by atoms with Crippen molar-refractivity contribution in [1.82, 2.24) is 10.4 Å². The van der Waals surface area contributed by atoms with Crippen molar-refractivity contribution in [2.75, 3.05) is 6.54 Å². The third-order valence-electron chi connectivity index (χ3n) is 1.21. The minimum atomic E-state index is 0.837. The summed E-state index contributed by atoms with van der Waals surface area (Å²) in [6.45, 7) is 0.837. The van der Waals surface area contributed by atoms with Crippen LogP contribution >= 0.6 is 0 Å². The number of nitrogens with zero attached hydrogens (tertiary/aromatic N) is 3. The summed E-state index contributed by atoms with van der Waals surface area (Å²) in [5.41, 5.74) is 4.02. The summed E-state index contributed by atoms with van der Waals surface area (Å²) in [5.74, 6) is 0. The first kappa shape index (κ1) is 4.69. The lowest BCUT2D eigenvalue weighted by Crippen LogP contribution is -2.31. The fourth-order valence-corrected chi connectivity index (χ4v) is 0.786. The Labute approximate surface area is 52.5 Å². The molecule has 0 aromatic heterocycles. The first-order chi connectivity index (χ1) is 4.47. The van der Waals surface area contributed by atoms with Gasteiger partial charge in [0.1, 0.15) is 0 Å². The monoisotopic (exact) mass is 121 g/mol. The molecule has 0 aromatic rings. The number of rotatable bonds is 0. The maximum atomic E-state index is 3.66. The number of hydrogen-bond donors (Lipinski definition) is 1. The Morgan fingerprint density at radius 1 is 1.78 bits per heavy atom. The maximum absolute atomic E-state index is 3.66. The smallest absolute Gasteiger partial charge is 0.216 e. The molecule has 0 spiro atoms. The van der Waals surface area contributed by atoms with E-state index in [1.807, 2.05) is 6.08 Å². The molecule has 0 amide bonds. The Bertz CT molecular complexity index is 200. The van der Waals surface area contributed by atoms with Crippen LogP contribution in [0.1, 0.15) is 0 Å². The fraction of sp³-hybridized carbons (Fsp3) is 0.200. The molecule has 0 saturated heterocycles. The number of nitrogens with one attached hydrogen (secondary N) is 1. The van der Waals surface area contributed by atoms with Gasteiger partial charge in [-0.05, 0) is 6.08 Å². The van der Waals surface area contributed by atoms with Crippen molar-refractivity contribution in [3.63, 3.8) is 0 Å². The average molecular weight is 121 g/mol. The van der Waals surface area contributed by atoms with Gasteiger partial charge in [-0.25, -0.2) is 5.43 Å². The highest BCUT2D eigenvalue weighted by atomic mass is 15.6. The third kappa shape index (κ3) is 0.639. The lowest BCUT2D eigenvalue weighted by Gasteiger charge is -2.12. The van der Waals surface area contributed by atoms with Crippen LogP contribution < -0.4 is 5.43 Å². The molecular formula is C5H5N4. The van der Waals surface area contributed by atoms with Crippen molar-refractivity contribution in [3.05, 3.63) is 11.8 Å². The lowest BCUT2D eigenvalue weighted by molar-refractivity contribution is 0.457. The summed E-state index contributed by atoms with van der Waals surface area (Å²) in [6.07, 6.45) is 6.37. The second-order valence-electron chi connectivity index (χ2n) is 1.77.